The number of nitrogens with one attached hydrogen (secondary N) is 1. The molecule has 1 aliphatic rings. The van der Waals surface area contributed by atoms with Gasteiger partial charge in [-0.15, -0.1) is 0 Å². The summed E-state index contributed by atoms with van der Waals surface area (Å²) in [5.74, 6) is 0. The van der Waals surface area contributed by atoms with Gasteiger partial charge in [0.25, 0.3) is 0 Å². The SMILES string of the molecule is CC(C)(C)OC(=O)N[C@@H]1CCN(Cc2ccc(Cl)cc2)C1. The van der Waals surface area contributed by atoms with Crippen LogP contribution in [0.25, 0.3) is 0 Å². The largest absolute Gasteiger partial charge is 0.444 e. The number of carbonyl (C=O) groups excluding carboxylic acids is 1. The summed E-state index contributed by atoms with van der Waals surface area (Å²) in [6.45, 7) is 8.31. The molecule has 2 rings (SSSR count). The van der Waals surface area contributed by atoms with E-state index in [2.05, 4.69) is 10.2 Å². The molecule has 1 saturated heterocycles. The van der Waals surface area contributed by atoms with Gasteiger partial charge < -0.3 is 10.1 Å². The lowest BCUT2D eigenvalue weighted by Crippen LogP contribution is -2.40. The molecular weight excluding hydrogens is 288 g/mol. The van der Waals surface area contributed by atoms with Gasteiger partial charge in [0, 0.05) is 30.7 Å². The number of carbonyl (C=O) groups is 1. The molecule has 1 N–H and O–H groups in total. The normalized spacial score (nSPS) is 19.5. The van der Waals surface area contributed by atoms with Gasteiger partial charge in [0.1, 0.15) is 5.60 Å². The number of amides is 1. The molecule has 0 unspecified atom stereocenters. The molecule has 0 aliphatic carbocycles. The van der Waals surface area contributed by atoms with Crippen molar-refractivity contribution in [2.24, 2.45) is 0 Å². The molecule has 1 aromatic rings. The zero-order valence-electron chi connectivity index (χ0n) is 12.9. The van der Waals surface area contributed by atoms with Gasteiger partial charge in [-0.25, -0.2) is 4.79 Å². The lowest BCUT2D eigenvalue weighted by atomic mass is 10.2. The summed E-state index contributed by atoms with van der Waals surface area (Å²) >= 11 is 5.89. The van der Waals surface area contributed by atoms with Gasteiger partial charge in [-0.05, 0) is 44.9 Å². The Balaban J connectivity index is 1.78. The average molecular weight is 311 g/mol. The minimum atomic E-state index is -0.453. The van der Waals surface area contributed by atoms with E-state index in [1.54, 1.807) is 0 Å². The Morgan fingerprint density at radius 3 is 2.67 bits per heavy atom. The number of nitrogens with zero attached hydrogens (tertiary/aromatic N) is 1. The molecule has 1 amide bonds. The molecule has 0 saturated carbocycles. The fourth-order valence-electron chi connectivity index (χ4n) is 2.42. The third-order valence-electron chi connectivity index (χ3n) is 3.31. The van der Waals surface area contributed by atoms with Crippen LogP contribution in [-0.2, 0) is 11.3 Å². The maximum absolute atomic E-state index is 11.8. The minimum Gasteiger partial charge on any atom is -0.444 e. The topological polar surface area (TPSA) is 41.6 Å². The third-order valence-corrected chi connectivity index (χ3v) is 3.56. The molecule has 5 heteroatoms. The van der Waals surface area contributed by atoms with E-state index in [0.29, 0.717) is 0 Å². The van der Waals surface area contributed by atoms with E-state index < -0.39 is 5.60 Å². The maximum Gasteiger partial charge on any atom is 0.407 e. The Bertz CT molecular complexity index is 482. The van der Waals surface area contributed by atoms with Crippen LogP contribution in [0.4, 0.5) is 4.79 Å². The average Bonchev–Trinajstić information content (AvgIpc) is 2.77. The van der Waals surface area contributed by atoms with Crippen LogP contribution in [-0.4, -0.2) is 35.7 Å². The highest BCUT2D eigenvalue weighted by atomic mass is 35.5. The molecule has 1 aromatic carbocycles. The first-order chi connectivity index (χ1) is 9.82. The van der Waals surface area contributed by atoms with Crippen LogP contribution in [0.1, 0.15) is 32.8 Å². The van der Waals surface area contributed by atoms with Crippen molar-refractivity contribution in [2.45, 2.75) is 45.4 Å². The molecule has 0 bridgehead atoms. The fraction of sp³-hybridized carbons (Fsp3) is 0.562. The van der Waals surface area contributed by atoms with E-state index in [1.807, 2.05) is 45.0 Å². The summed E-state index contributed by atoms with van der Waals surface area (Å²) in [5, 5.41) is 3.69. The second-order valence-corrected chi connectivity index (χ2v) is 6.93. The molecule has 4 nitrogen and oxygen atoms in total. The van der Waals surface area contributed by atoms with E-state index in [1.165, 1.54) is 5.56 Å². The first-order valence-corrected chi connectivity index (χ1v) is 7.66. The van der Waals surface area contributed by atoms with Crippen molar-refractivity contribution in [1.82, 2.24) is 10.2 Å². The predicted octanol–water partition coefficient (Wildman–Crippen LogP) is 3.44. The second-order valence-electron chi connectivity index (χ2n) is 6.49. The number of hydrogen-bond donors (Lipinski definition) is 1. The lowest BCUT2D eigenvalue weighted by molar-refractivity contribution is 0.0506. The van der Waals surface area contributed by atoms with E-state index in [0.717, 1.165) is 31.1 Å². The van der Waals surface area contributed by atoms with Crippen LogP contribution in [0, 0.1) is 0 Å². The molecule has 0 spiro atoms. The molecule has 1 atom stereocenters. The lowest BCUT2D eigenvalue weighted by Gasteiger charge is -2.22. The first kappa shape index (κ1) is 16.1. The highest BCUT2D eigenvalue weighted by Crippen LogP contribution is 2.16. The number of alkyl carbamates (subject to hydrolysis) is 1. The predicted molar refractivity (Wildman–Crippen MR) is 84.5 cm³/mol. The standard InChI is InChI=1S/C16H23ClN2O2/c1-16(2,3)21-15(20)18-14-8-9-19(11-14)10-12-4-6-13(17)7-5-12/h4-7,14H,8-11H2,1-3H3,(H,18,20)/t14-/m1/s1. The maximum atomic E-state index is 11.8. The van der Waals surface area contributed by atoms with Gasteiger partial charge in [-0.1, -0.05) is 23.7 Å². The fourth-order valence-corrected chi connectivity index (χ4v) is 2.54. The van der Waals surface area contributed by atoms with Crippen molar-refractivity contribution in [3.8, 4) is 0 Å². The quantitative estimate of drug-likeness (QED) is 0.930. The van der Waals surface area contributed by atoms with Gasteiger partial charge in [-0.2, -0.15) is 0 Å². The zero-order valence-corrected chi connectivity index (χ0v) is 13.6. The second kappa shape index (κ2) is 6.67. The number of halogens is 1. The van der Waals surface area contributed by atoms with Crippen molar-refractivity contribution in [3.63, 3.8) is 0 Å². The molecule has 1 fully saturated rings. The van der Waals surface area contributed by atoms with Crippen LogP contribution >= 0.6 is 11.6 Å². The summed E-state index contributed by atoms with van der Waals surface area (Å²) < 4.78 is 5.28. The summed E-state index contributed by atoms with van der Waals surface area (Å²) in [4.78, 5) is 14.1. The van der Waals surface area contributed by atoms with Crippen molar-refractivity contribution in [2.75, 3.05) is 13.1 Å². The van der Waals surface area contributed by atoms with Crippen LogP contribution in [0.5, 0.6) is 0 Å². The van der Waals surface area contributed by atoms with Crippen LogP contribution in [0.15, 0.2) is 24.3 Å². The summed E-state index contributed by atoms with van der Waals surface area (Å²) in [7, 11) is 0. The third kappa shape index (κ3) is 5.56. The van der Waals surface area contributed by atoms with Crippen LogP contribution < -0.4 is 5.32 Å². The zero-order chi connectivity index (χ0) is 15.5. The van der Waals surface area contributed by atoms with Crippen molar-refractivity contribution < 1.29 is 9.53 Å². The Morgan fingerprint density at radius 2 is 2.05 bits per heavy atom. The molecular formula is C16H23ClN2O2. The number of ether oxygens (including phenoxy) is 1. The molecule has 116 valence electrons. The van der Waals surface area contributed by atoms with Gasteiger partial charge in [0.2, 0.25) is 0 Å². The number of hydrogen-bond acceptors (Lipinski definition) is 3. The van der Waals surface area contributed by atoms with E-state index in [-0.39, 0.29) is 12.1 Å². The monoisotopic (exact) mass is 310 g/mol. The first-order valence-electron chi connectivity index (χ1n) is 7.28. The van der Waals surface area contributed by atoms with Gasteiger partial charge in [-0.3, -0.25) is 4.90 Å². The summed E-state index contributed by atoms with van der Waals surface area (Å²) in [6, 6.07) is 8.05. The van der Waals surface area contributed by atoms with Crippen molar-refractivity contribution >= 4 is 17.7 Å². The molecule has 1 heterocycles. The van der Waals surface area contributed by atoms with Gasteiger partial charge >= 0.3 is 6.09 Å². The van der Waals surface area contributed by atoms with E-state index >= 15 is 0 Å². The highest BCUT2D eigenvalue weighted by molar-refractivity contribution is 6.30. The molecule has 21 heavy (non-hydrogen) atoms. The molecule has 1 aliphatic heterocycles. The van der Waals surface area contributed by atoms with Crippen molar-refractivity contribution in [3.05, 3.63) is 34.9 Å². The van der Waals surface area contributed by atoms with E-state index in [4.69, 9.17) is 16.3 Å². The summed E-state index contributed by atoms with van der Waals surface area (Å²) in [6.07, 6.45) is 0.619. The number of likely N-dealkylation sites (tertiary alicyclic amines) is 1. The smallest absolute Gasteiger partial charge is 0.407 e. The highest BCUT2D eigenvalue weighted by Gasteiger charge is 2.25. The Hall–Kier alpha value is -1.26. The number of benzene rings is 1. The number of rotatable bonds is 3. The Kier molecular flexibility index (Phi) is 5.12. The van der Waals surface area contributed by atoms with Gasteiger partial charge in [0.15, 0.2) is 0 Å². The minimum absolute atomic E-state index is 0.159. The van der Waals surface area contributed by atoms with Crippen LogP contribution in [0.3, 0.4) is 0 Å². The van der Waals surface area contributed by atoms with Crippen LogP contribution in [0.2, 0.25) is 5.02 Å². The Labute approximate surface area is 131 Å². The van der Waals surface area contributed by atoms with E-state index in [9.17, 15) is 4.79 Å². The summed E-state index contributed by atoms with van der Waals surface area (Å²) in [5.41, 5.74) is 0.781. The van der Waals surface area contributed by atoms with Crippen molar-refractivity contribution in [1.29, 1.82) is 0 Å². The Morgan fingerprint density at radius 1 is 1.38 bits per heavy atom. The molecule has 0 aromatic heterocycles. The van der Waals surface area contributed by atoms with Gasteiger partial charge in [0.05, 0.1) is 0 Å². The molecule has 0 radical (unpaired) electrons.